The van der Waals surface area contributed by atoms with Crippen LogP contribution in [0.1, 0.15) is 0 Å². The molecular weight excluding hydrogens is 350 g/mol. The van der Waals surface area contributed by atoms with E-state index < -0.39 is 0 Å². The van der Waals surface area contributed by atoms with Gasteiger partial charge >= 0.3 is 0 Å². The van der Waals surface area contributed by atoms with Gasteiger partial charge in [0.05, 0.1) is 12.8 Å². The third-order valence-corrected chi connectivity index (χ3v) is 4.66. The highest BCUT2D eigenvalue weighted by Crippen LogP contribution is 2.22. The highest BCUT2D eigenvalue weighted by atomic mass is 16.5. The van der Waals surface area contributed by atoms with Crippen molar-refractivity contribution >= 4 is 27.7 Å². The average Bonchev–Trinajstić information content (AvgIpc) is 3.17. The minimum atomic E-state index is 0.523. The van der Waals surface area contributed by atoms with Crippen molar-refractivity contribution in [2.75, 3.05) is 7.11 Å². The van der Waals surface area contributed by atoms with Crippen LogP contribution in [0.15, 0.2) is 88.3 Å². The highest BCUT2D eigenvalue weighted by Gasteiger charge is 2.16. The van der Waals surface area contributed by atoms with Crippen molar-refractivity contribution in [1.29, 1.82) is 0 Å². The fourth-order valence-electron chi connectivity index (χ4n) is 3.26. The minimum absolute atomic E-state index is 0.523. The lowest BCUT2D eigenvalue weighted by atomic mass is 10.2. The van der Waals surface area contributed by atoms with Crippen molar-refractivity contribution in [3.8, 4) is 17.1 Å². The SMILES string of the molecule is COc1cccc(N=c2oc3ccccc3cc2-c2[nH]c3ccccc3[nH+]2)c1. The van der Waals surface area contributed by atoms with Gasteiger partial charge in [0.15, 0.2) is 11.0 Å². The summed E-state index contributed by atoms with van der Waals surface area (Å²) in [5.41, 5.74) is 4.98. The second-order valence-electron chi connectivity index (χ2n) is 6.49. The number of hydrogen-bond acceptors (Lipinski definition) is 3. The smallest absolute Gasteiger partial charge is 0.290 e. The summed E-state index contributed by atoms with van der Waals surface area (Å²) >= 11 is 0. The number of rotatable bonds is 3. The Balaban J connectivity index is 1.79. The van der Waals surface area contributed by atoms with Crippen molar-refractivity contribution in [3.05, 3.63) is 84.4 Å². The molecule has 0 amide bonds. The zero-order valence-corrected chi connectivity index (χ0v) is 15.3. The lowest BCUT2D eigenvalue weighted by Crippen LogP contribution is -2.12. The molecule has 5 nitrogen and oxygen atoms in total. The zero-order valence-electron chi connectivity index (χ0n) is 15.3. The van der Waals surface area contributed by atoms with Crippen LogP contribution in [0.3, 0.4) is 0 Å². The first kappa shape index (κ1) is 16.3. The maximum atomic E-state index is 6.17. The lowest BCUT2D eigenvalue weighted by Gasteiger charge is -2.02. The van der Waals surface area contributed by atoms with Gasteiger partial charge in [0.2, 0.25) is 5.55 Å². The van der Waals surface area contributed by atoms with Gasteiger partial charge in [-0.25, -0.2) is 15.0 Å². The Morgan fingerprint density at radius 1 is 0.929 bits per heavy atom. The van der Waals surface area contributed by atoms with Gasteiger partial charge in [0.25, 0.3) is 5.82 Å². The second kappa shape index (κ2) is 6.70. The van der Waals surface area contributed by atoms with E-state index in [1.165, 1.54) is 0 Å². The Kier molecular flexibility index (Phi) is 3.91. The standard InChI is InChI=1S/C23H17N3O2/c1-27-17-9-6-8-16(14-17)24-23-18(13-15-7-2-5-12-21(15)28-23)22-25-19-10-3-4-11-20(19)26-22/h2-14H,1H3,(H,25,26)/p+1. The van der Waals surface area contributed by atoms with Crippen LogP contribution < -0.4 is 15.3 Å². The molecule has 0 aliphatic rings. The summed E-state index contributed by atoms with van der Waals surface area (Å²) in [5.74, 6) is 1.60. The van der Waals surface area contributed by atoms with E-state index in [9.17, 15) is 0 Å². The molecule has 0 spiro atoms. The molecule has 5 heteroatoms. The van der Waals surface area contributed by atoms with E-state index >= 15 is 0 Å². The van der Waals surface area contributed by atoms with Gasteiger partial charge in [-0.1, -0.05) is 36.4 Å². The first-order chi connectivity index (χ1) is 13.8. The number of benzene rings is 3. The number of aromatic amines is 2. The Morgan fingerprint density at radius 3 is 2.68 bits per heavy atom. The molecule has 0 saturated carbocycles. The van der Waals surface area contributed by atoms with Crippen LogP contribution in [-0.4, -0.2) is 12.1 Å². The Morgan fingerprint density at radius 2 is 1.79 bits per heavy atom. The summed E-state index contributed by atoms with van der Waals surface area (Å²) in [5, 5.41) is 1.01. The van der Waals surface area contributed by atoms with Crippen molar-refractivity contribution in [1.82, 2.24) is 4.98 Å². The number of fused-ring (bicyclic) bond motifs is 2. The van der Waals surface area contributed by atoms with Crippen molar-refractivity contribution in [2.45, 2.75) is 0 Å². The van der Waals surface area contributed by atoms with Crippen LogP contribution in [0, 0.1) is 0 Å². The molecule has 28 heavy (non-hydrogen) atoms. The van der Waals surface area contributed by atoms with E-state index in [0.717, 1.165) is 44.8 Å². The Bertz CT molecular complexity index is 1330. The van der Waals surface area contributed by atoms with Crippen LogP contribution in [0.2, 0.25) is 0 Å². The van der Waals surface area contributed by atoms with Crippen molar-refractivity contribution in [3.63, 3.8) is 0 Å². The predicted octanol–water partition coefficient (Wildman–Crippen LogP) is 4.64. The molecule has 2 N–H and O–H groups in total. The van der Waals surface area contributed by atoms with E-state index in [1.807, 2.05) is 72.8 Å². The number of methoxy groups -OCH3 is 1. The summed E-state index contributed by atoms with van der Waals surface area (Å²) in [6.45, 7) is 0. The first-order valence-corrected chi connectivity index (χ1v) is 9.02. The van der Waals surface area contributed by atoms with Gasteiger partial charge in [-0.2, -0.15) is 0 Å². The van der Waals surface area contributed by atoms with Crippen molar-refractivity contribution < 1.29 is 14.1 Å². The third-order valence-electron chi connectivity index (χ3n) is 4.66. The van der Waals surface area contributed by atoms with Gasteiger partial charge in [0.1, 0.15) is 16.9 Å². The molecule has 5 aromatic rings. The lowest BCUT2D eigenvalue weighted by molar-refractivity contribution is -0.330. The van der Waals surface area contributed by atoms with Crippen molar-refractivity contribution in [2.24, 2.45) is 4.99 Å². The fourth-order valence-corrected chi connectivity index (χ4v) is 3.26. The van der Waals surface area contributed by atoms with E-state index in [1.54, 1.807) is 7.11 Å². The maximum absolute atomic E-state index is 6.17. The number of para-hydroxylation sites is 3. The molecule has 136 valence electrons. The molecule has 2 heterocycles. The predicted molar refractivity (Wildman–Crippen MR) is 108 cm³/mol. The topological polar surface area (TPSA) is 64.7 Å². The number of hydrogen-bond donors (Lipinski definition) is 1. The molecule has 0 unspecified atom stereocenters. The molecule has 0 fully saturated rings. The second-order valence-corrected chi connectivity index (χ2v) is 6.49. The minimum Gasteiger partial charge on any atom is -0.497 e. The van der Waals surface area contributed by atoms with Crippen LogP contribution in [-0.2, 0) is 0 Å². The summed E-state index contributed by atoms with van der Waals surface area (Å²) in [7, 11) is 1.64. The first-order valence-electron chi connectivity index (χ1n) is 9.02. The maximum Gasteiger partial charge on any atom is 0.290 e. The Labute approximate surface area is 161 Å². The number of ether oxygens (including phenoxy) is 1. The quantitative estimate of drug-likeness (QED) is 0.504. The average molecular weight is 368 g/mol. The zero-order chi connectivity index (χ0) is 18.9. The highest BCUT2D eigenvalue weighted by molar-refractivity contribution is 5.81. The summed E-state index contributed by atoms with van der Waals surface area (Å²) in [6.07, 6.45) is 0. The summed E-state index contributed by atoms with van der Waals surface area (Å²) < 4.78 is 11.5. The molecule has 2 aromatic heterocycles. The van der Waals surface area contributed by atoms with Gasteiger partial charge in [-0.15, -0.1) is 0 Å². The van der Waals surface area contributed by atoms with E-state index in [0.29, 0.717) is 5.55 Å². The molecular formula is C23H18N3O2+. The number of nitrogens with one attached hydrogen (secondary N) is 2. The molecule has 3 aromatic carbocycles. The van der Waals surface area contributed by atoms with Gasteiger partial charge in [0, 0.05) is 11.5 Å². The molecule has 0 radical (unpaired) electrons. The van der Waals surface area contributed by atoms with Gasteiger partial charge in [-0.3, -0.25) is 0 Å². The molecule has 0 aliphatic heterocycles. The normalized spacial score (nSPS) is 12.0. The number of H-pyrrole nitrogens is 2. The van der Waals surface area contributed by atoms with E-state index in [4.69, 9.17) is 14.1 Å². The van der Waals surface area contributed by atoms with Crippen LogP contribution in [0.25, 0.3) is 33.4 Å². The Hall–Kier alpha value is -3.86. The van der Waals surface area contributed by atoms with Gasteiger partial charge < -0.3 is 9.15 Å². The number of nitrogens with zero attached hydrogens (tertiary/aromatic N) is 1. The molecule has 5 rings (SSSR count). The number of aromatic nitrogens is 2. The molecule has 0 aliphatic carbocycles. The molecule has 0 atom stereocenters. The summed E-state index contributed by atoms with van der Waals surface area (Å²) in [4.78, 5) is 11.6. The van der Waals surface area contributed by atoms with Crippen LogP contribution in [0.5, 0.6) is 5.75 Å². The number of imidazole rings is 1. The van der Waals surface area contributed by atoms with Crippen LogP contribution >= 0.6 is 0 Å². The third kappa shape index (κ3) is 2.93. The summed E-state index contributed by atoms with van der Waals surface area (Å²) in [6, 6.07) is 25.7. The van der Waals surface area contributed by atoms with E-state index in [-0.39, 0.29) is 0 Å². The van der Waals surface area contributed by atoms with Crippen LogP contribution in [0.4, 0.5) is 5.69 Å². The largest absolute Gasteiger partial charge is 0.497 e. The monoisotopic (exact) mass is 368 g/mol. The fraction of sp³-hybridized carbons (Fsp3) is 0.0435. The van der Waals surface area contributed by atoms with Gasteiger partial charge in [-0.05, 0) is 36.4 Å². The van der Waals surface area contributed by atoms with E-state index in [2.05, 4.69) is 16.0 Å². The molecule has 0 saturated heterocycles. The molecule has 0 bridgehead atoms.